The summed E-state index contributed by atoms with van der Waals surface area (Å²) in [6, 6.07) is 7.73. The van der Waals surface area contributed by atoms with Crippen LogP contribution in [0.25, 0.3) is 22.8 Å². The number of anilines is 1. The molecule has 0 radical (unpaired) electrons. The second-order valence-electron chi connectivity index (χ2n) is 5.85. The Hall–Kier alpha value is -2.60. The molecule has 0 spiro atoms. The summed E-state index contributed by atoms with van der Waals surface area (Å²) in [6.07, 6.45) is 1.81. The molecule has 0 aliphatic carbocycles. The molecule has 24 heavy (non-hydrogen) atoms. The van der Waals surface area contributed by atoms with Gasteiger partial charge >= 0.3 is 0 Å². The van der Waals surface area contributed by atoms with Crippen LogP contribution in [0.2, 0.25) is 0 Å². The monoisotopic (exact) mass is 325 g/mol. The van der Waals surface area contributed by atoms with Crippen molar-refractivity contribution < 1.29 is 13.6 Å². The zero-order chi connectivity index (χ0) is 16.5. The maximum absolute atomic E-state index is 5.81. The Bertz CT molecular complexity index is 847. The lowest BCUT2D eigenvalue weighted by Crippen LogP contribution is -2.37. The normalized spacial score (nSPS) is 15.0. The molecule has 1 aliphatic rings. The Morgan fingerprint density at radius 3 is 2.21 bits per heavy atom. The lowest BCUT2D eigenvalue weighted by atomic mass is 10.1. The molecule has 0 atom stereocenters. The van der Waals surface area contributed by atoms with Gasteiger partial charge < -0.3 is 18.5 Å². The Morgan fingerprint density at radius 2 is 1.58 bits per heavy atom. The van der Waals surface area contributed by atoms with Crippen molar-refractivity contribution in [2.24, 2.45) is 0 Å². The molecule has 3 aromatic rings. The van der Waals surface area contributed by atoms with Gasteiger partial charge in [0.05, 0.1) is 18.8 Å². The summed E-state index contributed by atoms with van der Waals surface area (Å²) in [5, 5.41) is 0. The van der Waals surface area contributed by atoms with Gasteiger partial charge in [0, 0.05) is 19.3 Å². The van der Waals surface area contributed by atoms with Crippen LogP contribution in [-0.4, -0.2) is 36.3 Å². The average Bonchev–Trinajstić information content (AvgIpc) is 3.24. The molecule has 4 heterocycles. The maximum atomic E-state index is 5.81. The third kappa shape index (κ3) is 2.80. The molecule has 3 aromatic heterocycles. The summed E-state index contributed by atoms with van der Waals surface area (Å²) >= 11 is 0. The van der Waals surface area contributed by atoms with Crippen molar-refractivity contribution in [2.45, 2.75) is 13.8 Å². The van der Waals surface area contributed by atoms with E-state index in [0.717, 1.165) is 41.6 Å². The molecular weight excluding hydrogens is 306 g/mol. The van der Waals surface area contributed by atoms with Crippen LogP contribution in [0, 0.1) is 13.8 Å². The van der Waals surface area contributed by atoms with Crippen molar-refractivity contribution in [1.29, 1.82) is 0 Å². The first kappa shape index (κ1) is 15.0. The van der Waals surface area contributed by atoms with Crippen molar-refractivity contribution >= 4 is 5.95 Å². The molecular formula is C18H19N3O3. The lowest BCUT2D eigenvalue weighted by Gasteiger charge is -2.27. The Balaban J connectivity index is 1.81. The summed E-state index contributed by atoms with van der Waals surface area (Å²) in [7, 11) is 0. The van der Waals surface area contributed by atoms with E-state index in [9.17, 15) is 0 Å². The highest BCUT2D eigenvalue weighted by Gasteiger charge is 2.20. The second kappa shape index (κ2) is 6.13. The fraction of sp³-hybridized carbons (Fsp3) is 0.333. The number of aromatic nitrogens is 2. The van der Waals surface area contributed by atoms with Crippen LogP contribution in [0.15, 0.2) is 39.3 Å². The van der Waals surface area contributed by atoms with Gasteiger partial charge in [-0.15, -0.1) is 0 Å². The molecule has 0 bridgehead atoms. The Labute approximate surface area is 140 Å². The molecule has 6 heteroatoms. The van der Waals surface area contributed by atoms with Crippen LogP contribution in [0.5, 0.6) is 0 Å². The number of hydrogen-bond acceptors (Lipinski definition) is 6. The van der Waals surface area contributed by atoms with Gasteiger partial charge in [-0.25, -0.2) is 9.97 Å². The minimum absolute atomic E-state index is 0.689. The third-order valence-corrected chi connectivity index (χ3v) is 4.05. The highest BCUT2D eigenvalue weighted by Crippen LogP contribution is 2.33. The van der Waals surface area contributed by atoms with Crippen LogP contribution in [0.3, 0.4) is 0 Å². The molecule has 0 saturated carbocycles. The number of rotatable bonds is 3. The Kier molecular flexibility index (Phi) is 3.82. The largest absolute Gasteiger partial charge is 0.461 e. The minimum atomic E-state index is 0.689. The van der Waals surface area contributed by atoms with E-state index in [1.54, 1.807) is 0 Å². The lowest BCUT2D eigenvalue weighted by molar-refractivity contribution is 0.122. The third-order valence-electron chi connectivity index (χ3n) is 4.05. The standard InChI is InChI=1S/C18H19N3O3/c1-12-3-5-15(23-12)14-11-19-18(21-7-9-22-10-8-21)20-17(14)16-6-4-13(2)24-16/h3-6,11H,7-10H2,1-2H3. The summed E-state index contributed by atoms with van der Waals surface area (Å²) < 4.78 is 17.0. The topological polar surface area (TPSA) is 64.5 Å². The molecule has 0 amide bonds. The Morgan fingerprint density at radius 1 is 0.917 bits per heavy atom. The van der Waals surface area contributed by atoms with Gasteiger partial charge in [-0.3, -0.25) is 0 Å². The summed E-state index contributed by atoms with van der Waals surface area (Å²) in [6.45, 7) is 6.80. The number of hydrogen-bond donors (Lipinski definition) is 0. The highest BCUT2D eigenvalue weighted by molar-refractivity contribution is 5.76. The van der Waals surface area contributed by atoms with Crippen molar-refractivity contribution in [3.05, 3.63) is 42.0 Å². The van der Waals surface area contributed by atoms with Gasteiger partial charge in [0.15, 0.2) is 5.76 Å². The first-order valence-corrected chi connectivity index (χ1v) is 8.04. The number of morpholine rings is 1. The van der Waals surface area contributed by atoms with E-state index in [1.165, 1.54) is 0 Å². The first-order chi connectivity index (χ1) is 11.7. The average molecular weight is 325 g/mol. The first-order valence-electron chi connectivity index (χ1n) is 8.04. The number of nitrogens with zero attached hydrogens (tertiary/aromatic N) is 3. The molecule has 4 rings (SSSR count). The van der Waals surface area contributed by atoms with Crippen LogP contribution in [0.1, 0.15) is 11.5 Å². The number of furan rings is 2. The van der Waals surface area contributed by atoms with Crippen molar-refractivity contribution in [1.82, 2.24) is 9.97 Å². The van der Waals surface area contributed by atoms with E-state index < -0.39 is 0 Å². The number of aryl methyl sites for hydroxylation is 2. The van der Waals surface area contributed by atoms with Crippen molar-refractivity contribution in [3.8, 4) is 22.8 Å². The SMILES string of the molecule is Cc1ccc(-c2cnc(N3CCOCC3)nc2-c2ccc(C)o2)o1. The van der Waals surface area contributed by atoms with Crippen molar-refractivity contribution in [2.75, 3.05) is 31.2 Å². The summed E-state index contributed by atoms with van der Waals surface area (Å²) in [4.78, 5) is 11.4. The predicted octanol–water partition coefficient (Wildman–Crippen LogP) is 3.45. The van der Waals surface area contributed by atoms with Gasteiger partial charge in [0.1, 0.15) is 23.0 Å². The molecule has 0 N–H and O–H groups in total. The molecule has 1 fully saturated rings. The van der Waals surface area contributed by atoms with E-state index >= 15 is 0 Å². The molecule has 6 nitrogen and oxygen atoms in total. The zero-order valence-corrected chi connectivity index (χ0v) is 13.8. The smallest absolute Gasteiger partial charge is 0.226 e. The minimum Gasteiger partial charge on any atom is -0.461 e. The van der Waals surface area contributed by atoms with E-state index in [1.807, 2.05) is 44.3 Å². The predicted molar refractivity (Wildman–Crippen MR) is 89.9 cm³/mol. The van der Waals surface area contributed by atoms with Gasteiger partial charge in [0.25, 0.3) is 0 Å². The molecule has 0 aromatic carbocycles. The van der Waals surface area contributed by atoms with E-state index in [-0.39, 0.29) is 0 Å². The zero-order valence-electron chi connectivity index (χ0n) is 13.8. The van der Waals surface area contributed by atoms with Gasteiger partial charge in [-0.05, 0) is 38.1 Å². The molecule has 0 unspecified atom stereocenters. The van der Waals surface area contributed by atoms with E-state index in [4.69, 9.17) is 18.6 Å². The summed E-state index contributed by atoms with van der Waals surface area (Å²) in [5.41, 5.74) is 1.57. The molecule has 1 saturated heterocycles. The quantitative estimate of drug-likeness (QED) is 0.735. The van der Waals surface area contributed by atoms with Crippen LogP contribution < -0.4 is 4.90 Å². The van der Waals surface area contributed by atoms with Crippen LogP contribution >= 0.6 is 0 Å². The van der Waals surface area contributed by atoms with E-state index in [2.05, 4.69) is 9.88 Å². The van der Waals surface area contributed by atoms with Gasteiger partial charge in [-0.2, -0.15) is 0 Å². The fourth-order valence-corrected chi connectivity index (χ4v) is 2.80. The molecule has 124 valence electrons. The number of ether oxygens (including phenoxy) is 1. The molecule has 1 aliphatic heterocycles. The van der Waals surface area contributed by atoms with Gasteiger partial charge in [0.2, 0.25) is 5.95 Å². The van der Waals surface area contributed by atoms with Crippen molar-refractivity contribution in [3.63, 3.8) is 0 Å². The van der Waals surface area contributed by atoms with E-state index in [0.29, 0.717) is 24.9 Å². The van der Waals surface area contributed by atoms with Gasteiger partial charge in [-0.1, -0.05) is 0 Å². The van der Waals surface area contributed by atoms with Crippen LogP contribution in [0.4, 0.5) is 5.95 Å². The maximum Gasteiger partial charge on any atom is 0.226 e. The van der Waals surface area contributed by atoms with Crippen LogP contribution in [-0.2, 0) is 4.74 Å². The second-order valence-corrected chi connectivity index (χ2v) is 5.85. The summed E-state index contributed by atoms with van der Waals surface area (Å²) in [5.74, 6) is 3.84. The highest BCUT2D eigenvalue weighted by atomic mass is 16.5. The fourth-order valence-electron chi connectivity index (χ4n) is 2.80.